The molecule has 8 nitrogen and oxygen atoms in total. The van der Waals surface area contributed by atoms with Gasteiger partial charge in [-0.1, -0.05) is 24.3 Å². The molecule has 0 fully saturated rings. The fourth-order valence-corrected chi connectivity index (χ4v) is 4.74. The predicted octanol–water partition coefficient (Wildman–Crippen LogP) is 4.84. The molecule has 198 valence electrons. The van der Waals surface area contributed by atoms with Crippen LogP contribution in [0.25, 0.3) is 22.2 Å². The minimum absolute atomic E-state index is 0.0908. The summed E-state index contributed by atoms with van der Waals surface area (Å²) in [5, 5.41) is 13.8. The van der Waals surface area contributed by atoms with E-state index in [4.69, 9.17) is 26.1 Å². The standard InChI is InChI=1S/C29H32ClN5O3/c30-9-13-34(14-16-36)15-18-38-28-6-5-25-19-24(28)21-37-17-2-1-11-35-12-8-22-3-4-23(20-27(22)35)26-7-10-31-29(32-25)33-26/h1-8,10,12,19-20,36H,9,11,13-18,21H2,(H,31,32,33)/b2-1-. The van der Waals surface area contributed by atoms with Gasteiger partial charge in [0.15, 0.2) is 0 Å². The van der Waals surface area contributed by atoms with E-state index < -0.39 is 0 Å². The monoisotopic (exact) mass is 533 g/mol. The summed E-state index contributed by atoms with van der Waals surface area (Å²) < 4.78 is 14.3. The molecule has 6 bridgehead atoms. The van der Waals surface area contributed by atoms with Crippen LogP contribution in [0.5, 0.6) is 5.75 Å². The molecule has 2 aromatic carbocycles. The van der Waals surface area contributed by atoms with E-state index in [1.807, 2.05) is 30.3 Å². The van der Waals surface area contributed by atoms with Crippen molar-refractivity contribution in [2.75, 3.05) is 50.7 Å². The van der Waals surface area contributed by atoms with Crippen LogP contribution in [0, 0.1) is 0 Å². The maximum Gasteiger partial charge on any atom is 0.227 e. The molecular weight excluding hydrogens is 502 g/mol. The van der Waals surface area contributed by atoms with Gasteiger partial charge in [0, 0.05) is 66.8 Å². The number of hydrogen-bond donors (Lipinski definition) is 2. The number of rotatable bonds is 8. The van der Waals surface area contributed by atoms with Gasteiger partial charge in [-0.15, -0.1) is 11.6 Å². The number of aliphatic hydroxyl groups excluding tert-OH is 1. The summed E-state index contributed by atoms with van der Waals surface area (Å²) in [5.41, 5.74) is 4.82. The predicted molar refractivity (Wildman–Crippen MR) is 151 cm³/mol. The number of aliphatic hydroxyl groups is 1. The Morgan fingerprint density at radius 3 is 2.92 bits per heavy atom. The number of nitrogens with zero attached hydrogens (tertiary/aromatic N) is 4. The lowest BCUT2D eigenvalue weighted by Gasteiger charge is -2.21. The van der Waals surface area contributed by atoms with Crippen molar-refractivity contribution in [1.29, 1.82) is 0 Å². The van der Waals surface area contributed by atoms with Crippen LogP contribution in [0.2, 0.25) is 0 Å². The highest BCUT2D eigenvalue weighted by molar-refractivity contribution is 6.18. The molecule has 0 unspecified atom stereocenters. The van der Waals surface area contributed by atoms with Gasteiger partial charge in [-0.05, 0) is 41.8 Å². The first-order chi connectivity index (χ1) is 18.7. The highest BCUT2D eigenvalue weighted by Gasteiger charge is 2.11. The summed E-state index contributed by atoms with van der Waals surface area (Å²) in [4.78, 5) is 11.3. The second kappa shape index (κ2) is 12.9. The van der Waals surface area contributed by atoms with E-state index in [2.05, 4.69) is 56.3 Å². The van der Waals surface area contributed by atoms with E-state index in [1.165, 1.54) is 5.39 Å². The summed E-state index contributed by atoms with van der Waals surface area (Å²) in [7, 11) is 0. The Labute approximate surface area is 227 Å². The molecule has 38 heavy (non-hydrogen) atoms. The first-order valence-electron chi connectivity index (χ1n) is 12.8. The lowest BCUT2D eigenvalue weighted by Crippen LogP contribution is -2.32. The largest absolute Gasteiger partial charge is 0.492 e. The lowest BCUT2D eigenvalue weighted by molar-refractivity contribution is 0.142. The van der Waals surface area contributed by atoms with Crippen LogP contribution >= 0.6 is 11.6 Å². The smallest absolute Gasteiger partial charge is 0.227 e. The summed E-state index contributed by atoms with van der Waals surface area (Å²) in [6.07, 6.45) is 8.04. The highest BCUT2D eigenvalue weighted by Crippen LogP contribution is 2.28. The van der Waals surface area contributed by atoms with Crippen LogP contribution in [0.3, 0.4) is 0 Å². The zero-order valence-electron chi connectivity index (χ0n) is 21.2. The minimum atomic E-state index is 0.0908. The van der Waals surface area contributed by atoms with Crippen molar-refractivity contribution in [1.82, 2.24) is 19.4 Å². The molecule has 0 spiro atoms. The quantitative estimate of drug-likeness (QED) is 0.247. The fraction of sp³-hybridized carbons (Fsp3) is 0.310. The van der Waals surface area contributed by atoms with Crippen molar-refractivity contribution in [3.8, 4) is 17.0 Å². The second-order valence-electron chi connectivity index (χ2n) is 9.04. The molecule has 2 N–H and O–H groups in total. The van der Waals surface area contributed by atoms with E-state index in [9.17, 15) is 5.11 Å². The minimum Gasteiger partial charge on any atom is -0.492 e. The van der Waals surface area contributed by atoms with Crippen LogP contribution in [-0.2, 0) is 17.9 Å². The molecule has 0 saturated carbocycles. The average molecular weight is 534 g/mol. The number of hydrogen-bond acceptors (Lipinski definition) is 7. The average Bonchev–Trinajstić information content (AvgIpc) is 3.34. The molecule has 4 aromatic rings. The number of fused-ring (bicyclic) bond motifs is 6. The molecule has 1 aliphatic heterocycles. The molecule has 0 saturated heterocycles. The molecule has 3 heterocycles. The Kier molecular flexibility index (Phi) is 8.88. The Morgan fingerprint density at radius 2 is 2.03 bits per heavy atom. The molecule has 5 rings (SSSR count). The molecular formula is C29H32ClN5O3. The van der Waals surface area contributed by atoms with Gasteiger partial charge >= 0.3 is 0 Å². The van der Waals surface area contributed by atoms with E-state index in [0.717, 1.165) is 40.3 Å². The Morgan fingerprint density at radius 1 is 1.08 bits per heavy atom. The maximum atomic E-state index is 9.28. The summed E-state index contributed by atoms with van der Waals surface area (Å²) in [6, 6.07) is 16.3. The number of anilines is 2. The third-order valence-corrected chi connectivity index (χ3v) is 6.63. The van der Waals surface area contributed by atoms with E-state index >= 15 is 0 Å². The number of ether oxygens (including phenoxy) is 2. The maximum absolute atomic E-state index is 9.28. The van der Waals surface area contributed by atoms with Crippen LogP contribution in [0.1, 0.15) is 5.56 Å². The zero-order chi connectivity index (χ0) is 26.2. The molecule has 0 radical (unpaired) electrons. The number of alkyl halides is 1. The van der Waals surface area contributed by atoms with Gasteiger partial charge in [0.1, 0.15) is 12.4 Å². The zero-order valence-corrected chi connectivity index (χ0v) is 22.0. The molecule has 0 atom stereocenters. The lowest BCUT2D eigenvalue weighted by atomic mass is 10.1. The van der Waals surface area contributed by atoms with Crippen molar-refractivity contribution in [2.45, 2.75) is 13.2 Å². The Hall–Kier alpha value is -3.43. The first-order valence-corrected chi connectivity index (χ1v) is 13.3. The summed E-state index contributed by atoms with van der Waals surface area (Å²) in [5.74, 6) is 1.79. The van der Waals surface area contributed by atoms with Gasteiger partial charge in [0.05, 0.1) is 25.5 Å². The van der Waals surface area contributed by atoms with Gasteiger partial charge in [0.2, 0.25) is 5.95 Å². The first kappa shape index (κ1) is 26.2. The van der Waals surface area contributed by atoms with Gasteiger partial charge in [-0.25, -0.2) is 9.97 Å². The van der Waals surface area contributed by atoms with Gasteiger partial charge < -0.3 is 24.5 Å². The van der Waals surface area contributed by atoms with Gasteiger partial charge in [-0.2, -0.15) is 0 Å². The van der Waals surface area contributed by atoms with Crippen molar-refractivity contribution in [3.63, 3.8) is 0 Å². The van der Waals surface area contributed by atoms with Crippen LogP contribution in [0.4, 0.5) is 11.6 Å². The SMILES string of the molecule is OCCN(CCCl)CCOc1ccc2cc1COC/C=C\Cn1ccc3ccc(cc31)-c1ccnc(n1)N2. The third kappa shape index (κ3) is 6.52. The fourth-order valence-electron chi connectivity index (χ4n) is 4.50. The van der Waals surface area contributed by atoms with Crippen molar-refractivity contribution in [2.24, 2.45) is 0 Å². The van der Waals surface area contributed by atoms with E-state index in [1.54, 1.807) is 6.20 Å². The van der Waals surface area contributed by atoms with Crippen LogP contribution in [0.15, 0.2) is 73.1 Å². The number of allylic oxidation sites excluding steroid dienone is 1. The van der Waals surface area contributed by atoms with Gasteiger partial charge in [0.25, 0.3) is 0 Å². The van der Waals surface area contributed by atoms with E-state index in [0.29, 0.717) is 51.3 Å². The topological polar surface area (TPSA) is 84.7 Å². The number of nitrogens with one attached hydrogen (secondary N) is 1. The summed E-state index contributed by atoms with van der Waals surface area (Å²) in [6.45, 7) is 4.15. The normalized spacial score (nSPS) is 14.4. The number of aromatic nitrogens is 3. The Bertz CT molecular complexity index is 1380. The molecule has 0 aliphatic carbocycles. The number of halogens is 1. The van der Waals surface area contributed by atoms with Crippen LogP contribution < -0.4 is 10.1 Å². The van der Waals surface area contributed by atoms with Crippen LogP contribution in [-0.4, -0.2) is 69.9 Å². The van der Waals surface area contributed by atoms with Crippen molar-refractivity contribution < 1.29 is 14.6 Å². The molecule has 0 amide bonds. The van der Waals surface area contributed by atoms with Gasteiger partial charge in [-0.3, -0.25) is 4.90 Å². The Balaban J connectivity index is 1.39. The van der Waals surface area contributed by atoms with E-state index in [-0.39, 0.29) is 6.61 Å². The summed E-state index contributed by atoms with van der Waals surface area (Å²) >= 11 is 5.89. The third-order valence-electron chi connectivity index (χ3n) is 6.46. The molecule has 9 heteroatoms. The van der Waals surface area contributed by atoms with Crippen molar-refractivity contribution in [3.05, 3.63) is 78.6 Å². The second-order valence-corrected chi connectivity index (χ2v) is 9.42. The number of benzene rings is 2. The highest BCUT2D eigenvalue weighted by atomic mass is 35.5. The molecule has 1 aliphatic rings. The van der Waals surface area contributed by atoms with Crippen molar-refractivity contribution >= 4 is 34.1 Å². The molecule has 2 aromatic heterocycles.